The molecule has 3 rings (SSSR count). The molecule has 0 amide bonds. The van der Waals surface area contributed by atoms with E-state index in [1.165, 1.54) is 24.3 Å². The number of hydrogen-bond donors (Lipinski definition) is 0. The van der Waals surface area contributed by atoms with E-state index in [1.807, 2.05) is 0 Å². The Morgan fingerprint density at radius 3 is 2.43 bits per heavy atom. The monoisotopic (exact) mass is 318 g/mol. The van der Waals surface area contributed by atoms with E-state index in [-0.39, 0.29) is 17.3 Å². The van der Waals surface area contributed by atoms with E-state index in [0.29, 0.717) is 25.7 Å². The lowest BCUT2D eigenvalue weighted by Crippen LogP contribution is -2.16. The largest absolute Gasteiger partial charge is 0.207 e. The second-order valence-corrected chi connectivity index (χ2v) is 6.43. The topological polar surface area (TPSA) is 0 Å². The van der Waals surface area contributed by atoms with Crippen LogP contribution in [0.2, 0.25) is 0 Å². The highest BCUT2D eigenvalue weighted by molar-refractivity contribution is 5.36. The number of benzene rings is 2. The Hall–Kier alpha value is -1.77. The van der Waals surface area contributed by atoms with E-state index < -0.39 is 11.6 Å². The van der Waals surface area contributed by atoms with Crippen LogP contribution in [0.15, 0.2) is 30.3 Å². The molecule has 0 heterocycles. The van der Waals surface area contributed by atoms with Gasteiger partial charge in [0.15, 0.2) is 0 Å². The molecule has 122 valence electrons. The summed E-state index contributed by atoms with van der Waals surface area (Å²) in [5.41, 5.74) is 2.88. The third kappa shape index (κ3) is 3.44. The van der Waals surface area contributed by atoms with E-state index >= 15 is 0 Å². The number of hydrogen-bond acceptors (Lipinski definition) is 0. The van der Waals surface area contributed by atoms with Crippen LogP contribution in [-0.4, -0.2) is 0 Å². The van der Waals surface area contributed by atoms with Gasteiger partial charge in [-0.25, -0.2) is 13.2 Å². The molecule has 3 heteroatoms. The van der Waals surface area contributed by atoms with Gasteiger partial charge < -0.3 is 0 Å². The van der Waals surface area contributed by atoms with Crippen molar-refractivity contribution in [2.75, 3.05) is 0 Å². The number of unbranched alkanes of at least 4 members (excludes halogenated alkanes) is 1. The van der Waals surface area contributed by atoms with Crippen molar-refractivity contribution in [3.8, 4) is 0 Å². The average Bonchev–Trinajstić information content (AvgIpc) is 2.52. The normalized spacial score (nSPS) is 17.1. The molecule has 0 aromatic heterocycles. The predicted octanol–water partition coefficient (Wildman–Crippen LogP) is 5.72. The van der Waals surface area contributed by atoms with Crippen molar-refractivity contribution in [2.45, 2.75) is 51.4 Å². The maximum Gasteiger partial charge on any atom is 0.129 e. The molecular formula is C20H21F3. The molecule has 1 aliphatic rings. The lowest BCUT2D eigenvalue weighted by Gasteiger charge is -2.26. The Labute approximate surface area is 135 Å². The van der Waals surface area contributed by atoms with Crippen LogP contribution in [0.1, 0.15) is 54.4 Å². The first-order chi connectivity index (χ1) is 11.1. The van der Waals surface area contributed by atoms with Crippen molar-refractivity contribution < 1.29 is 13.2 Å². The smallest absolute Gasteiger partial charge is 0.129 e. The lowest BCUT2D eigenvalue weighted by atomic mass is 9.79. The summed E-state index contributed by atoms with van der Waals surface area (Å²) in [5.74, 6) is -1.30. The van der Waals surface area contributed by atoms with Crippen LogP contribution >= 0.6 is 0 Å². The zero-order valence-corrected chi connectivity index (χ0v) is 13.3. The van der Waals surface area contributed by atoms with Crippen LogP contribution in [0.25, 0.3) is 0 Å². The molecule has 0 spiro atoms. The fourth-order valence-corrected chi connectivity index (χ4v) is 3.52. The maximum atomic E-state index is 14.5. The minimum absolute atomic E-state index is 0.173. The Kier molecular flexibility index (Phi) is 4.74. The van der Waals surface area contributed by atoms with Gasteiger partial charge in [-0.05, 0) is 79.0 Å². The summed E-state index contributed by atoms with van der Waals surface area (Å²) in [6, 6.07) is 7.65. The number of fused-ring (bicyclic) bond motifs is 1. The second kappa shape index (κ2) is 6.77. The van der Waals surface area contributed by atoms with Crippen molar-refractivity contribution in [1.29, 1.82) is 0 Å². The van der Waals surface area contributed by atoms with E-state index in [9.17, 15) is 13.2 Å². The molecule has 2 aromatic carbocycles. The fraction of sp³-hybridized carbons (Fsp3) is 0.400. The molecule has 0 saturated heterocycles. The zero-order valence-electron chi connectivity index (χ0n) is 13.3. The third-order valence-electron chi connectivity index (χ3n) is 4.76. The van der Waals surface area contributed by atoms with Crippen LogP contribution < -0.4 is 0 Å². The van der Waals surface area contributed by atoms with E-state index in [4.69, 9.17) is 0 Å². The Bertz CT molecular complexity index is 683. The molecule has 0 aliphatic heterocycles. The van der Waals surface area contributed by atoms with Gasteiger partial charge in [0, 0.05) is 5.56 Å². The van der Waals surface area contributed by atoms with Gasteiger partial charge in [-0.1, -0.05) is 19.4 Å². The molecule has 0 radical (unpaired) electrons. The standard InChI is InChI=1S/C20H21F3/c1-2-3-4-13-9-18(22)20(19(23)10-13)16-6-5-15-12-17(21)8-7-14(15)11-16/h7-10,12,16H,2-6,11H2,1H3. The molecule has 1 unspecified atom stereocenters. The van der Waals surface area contributed by atoms with Gasteiger partial charge >= 0.3 is 0 Å². The van der Waals surface area contributed by atoms with Gasteiger partial charge in [0.1, 0.15) is 17.5 Å². The molecule has 2 aromatic rings. The Morgan fingerprint density at radius 1 is 1.00 bits per heavy atom. The number of aryl methyl sites for hydroxylation is 2. The summed E-state index contributed by atoms with van der Waals surface area (Å²) in [4.78, 5) is 0. The summed E-state index contributed by atoms with van der Waals surface area (Å²) < 4.78 is 42.2. The fourth-order valence-electron chi connectivity index (χ4n) is 3.52. The van der Waals surface area contributed by atoms with Crippen molar-refractivity contribution in [3.05, 3.63) is 70.0 Å². The predicted molar refractivity (Wildman–Crippen MR) is 86.1 cm³/mol. The maximum absolute atomic E-state index is 14.5. The molecular weight excluding hydrogens is 297 g/mol. The zero-order chi connectivity index (χ0) is 16.4. The summed E-state index contributed by atoms with van der Waals surface area (Å²) >= 11 is 0. The SMILES string of the molecule is CCCCc1cc(F)c(C2CCc3cc(F)ccc3C2)c(F)c1. The minimum atomic E-state index is -0.438. The van der Waals surface area contributed by atoms with Gasteiger partial charge in [0.05, 0.1) is 0 Å². The quantitative estimate of drug-likeness (QED) is 0.676. The molecule has 0 nitrogen and oxygen atoms in total. The van der Waals surface area contributed by atoms with E-state index in [2.05, 4.69) is 6.92 Å². The first kappa shape index (κ1) is 16.1. The average molecular weight is 318 g/mol. The van der Waals surface area contributed by atoms with Gasteiger partial charge in [-0.15, -0.1) is 0 Å². The molecule has 1 aliphatic carbocycles. The molecule has 1 atom stereocenters. The van der Waals surface area contributed by atoms with Crippen LogP contribution in [0.4, 0.5) is 13.2 Å². The second-order valence-electron chi connectivity index (χ2n) is 6.43. The molecule has 23 heavy (non-hydrogen) atoms. The van der Waals surface area contributed by atoms with E-state index in [1.54, 1.807) is 6.07 Å². The summed E-state index contributed by atoms with van der Waals surface area (Å²) in [6.07, 6.45) is 4.52. The lowest BCUT2D eigenvalue weighted by molar-refractivity contribution is 0.488. The number of halogens is 3. The Balaban J connectivity index is 1.86. The van der Waals surface area contributed by atoms with Crippen LogP contribution in [-0.2, 0) is 19.3 Å². The van der Waals surface area contributed by atoms with Gasteiger partial charge in [0.25, 0.3) is 0 Å². The summed E-state index contributed by atoms with van der Waals surface area (Å²) in [6.45, 7) is 2.06. The van der Waals surface area contributed by atoms with Crippen molar-refractivity contribution in [3.63, 3.8) is 0 Å². The highest BCUT2D eigenvalue weighted by Crippen LogP contribution is 2.36. The van der Waals surface area contributed by atoms with Crippen LogP contribution in [0.5, 0.6) is 0 Å². The van der Waals surface area contributed by atoms with Crippen LogP contribution in [0.3, 0.4) is 0 Å². The molecule has 0 fully saturated rings. The molecule has 0 bridgehead atoms. The third-order valence-corrected chi connectivity index (χ3v) is 4.76. The van der Waals surface area contributed by atoms with Gasteiger partial charge in [0.2, 0.25) is 0 Å². The molecule has 0 N–H and O–H groups in total. The first-order valence-corrected chi connectivity index (χ1v) is 8.33. The van der Waals surface area contributed by atoms with Gasteiger partial charge in [-0.3, -0.25) is 0 Å². The minimum Gasteiger partial charge on any atom is -0.207 e. The Morgan fingerprint density at radius 2 is 1.74 bits per heavy atom. The van der Waals surface area contributed by atoms with Crippen molar-refractivity contribution in [1.82, 2.24) is 0 Å². The highest BCUT2D eigenvalue weighted by Gasteiger charge is 2.26. The summed E-state index contributed by atoms with van der Waals surface area (Å²) in [7, 11) is 0. The van der Waals surface area contributed by atoms with Crippen molar-refractivity contribution in [2.24, 2.45) is 0 Å². The first-order valence-electron chi connectivity index (χ1n) is 8.33. The summed E-state index contributed by atoms with van der Waals surface area (Å²) in [5, 5.41) is 0. The van der Waals surface area contributed by atoms with Crippen LogP contribution in [0, 0.1) is 17.5 Å². The van der Waals surface area contributed by atoms with E-state index in [0.717, 1.165) is 29.5 Å². The van der Waals surface area contributed by atoms with Gasteiger partial charge in [-0.2, -0.15) is 0 Å². The number of rotatable bonds is 4. The molecule has 0 saturated carbocycles. The highest BCUT2D eigenvalue weighted by atomic mass is 19.1. The van der Waals surface area contributed by atoms with Crippen molar-refractivity contribution >= 4 is 0 Å².